The fraction of sp³-hybridized carbons (Fsp3) is 0.176. The van der Waals surface area contributed by atoms with E-state index in [1.807, 2.05) is 24.3 Å². The molecular formula is C17H17ClN2O3. The normalized spacial score (nSPS) is 10.0. The molecule has 0 aromatic heterocycles. The van der Waals surface area contributed by atoms with E-state index in [1.165, 1.54) is 6.92 Å². The van der Waals surface area contributed by atoms with Crippen LogP contribution in [0.1, 0.15) is 12.5 Å². The van der Waals surface area contributed by atoms with Crippen molar-refractivity contribution in [3.63, 3.8) is 0 Å². The Bertz CT molecular complexity index is 732. The molecule has 2 rings (SSSR count). The summed E-state index contributed by atoms with van der Waals surface area (Å²) in [6.45, 7) is 1.39. The number of nitrogens with one attached hydrogen (secondary N) is 2. The molecule has 2 aromatic carbocycles. The van der Waals surface area contributed by atoms with Crippen LogP contribution in [0.25, 0.3) is 0 Å². The first-order valence-electron chi connectivity index (χ1n) is 6.98. The van der Waals surface area contributed by atoms with Gasteiger partial charge in [-0.15, -0.1) is 0 Å². The number of ether oxygens (including phenoxy) is 1. The fourth-order valence-corrected chi connectivity index (χ4v) is 2.23. The van der Waals surface area contributed by atoms with Crippen LogP contribution in [0.5, 0.6) is 5.75 Å². The van der Waals surface area contributed by atoms with Gasteiger partial charge >= 0.3 is 0 Å². The molecule has 0 aliphatic rings. The number of carbonyl (C=O) groups excluding carboxylic acids is 2. The van der Waals surface area contributed by atoms with E-state index >= 15 is 0 Å². The summed E-state index contributed by atoms with van der Waals surface area (Å²) in [6.07, 6.45) is 0.218. The third-order valence-electron chi connectivity index (χ3n) is 3.06. The Balaban J connectivity index is 2.06. The fourth-order valence-electron chi connectivity index (χ4n) is 2.06. The first kappa shape index (κ1) is 16.8. The molecule has 0 spiro atoms. The molecule has 0 unspecified atom stereocenters. The topological polar surface area (TPSA) is 67.4 Å². The Morgan fingerprint density at radius 1 is 1.13 bits per heavy atom. The molecule has 6 heteroatoms. The minimum Gasteiger partial charge on any atom is -0.497 e. The largest absolute Gasteiger partial charge is 0.497 e. The summed E-state index contributed by atoms with van der Waals surface area (Å²) in [6, 6.07) is 12.2. The lowest BCUT2D eigenvalue weighted by molar-refractivity contribution is -0.115. The van der Waals surface area contributed by atoms with E-state index in [-0.39, 0.29) is 18.2 Å². The molecule has 0 atom stereocenters. The van der Waals surface area contributed by atoms with Crippen LogP contribution in [-0.4, -0.2) is 18.9 Å². The van der Waals surface area contributed by atoms with Crippen LogP contribution in [-0.2, 0) is 16.0 Å². The van der Waals surface area contributed by atoms with Gasteiger partial charge in [0.1, 0.15) is 5.75 Å². The molecule has 0 saturated heterocycles. The van der Waals surface area contributed by atoms with Crippen molar-refractivity contribution < 1.29 is 14.3 Å². The summed E-state index contributed by atoms with van der Waals surface area (Å²) >= 11 is 6.00. The van der Waals surface area contributed by atoms with E-state index in [4.69, 9.17) is 16.3 Å². The molecule has 120 valence electrons. The lowest BCUT2D eigenvalue weighted by atomic mass is 10.1. The Kier molecular flexibility index (Phi) is 5.60. The van der Waals surface area contributed by atoms with Gasteiger partial charge in [-0.25, -0.2) is 0 Å². The summed E-state index contributed by atoms with van der Waals surface area (Å²) in [5.74, 6) is 0.302. The quantitative estimate of drug-likeness (QED) is 0.880. The van der Waals surface area contributed by atoms with Crippen LogP contribution in [0.2, 0.25) is 5.02 Å². The van der Waals surface area contributed by atoms with Crippen molar-refractivity contribution in [3.8, 4) is 5.75 Å². The predicted octanol–water partition coefficient (Wildman–Crippen LogP) is 3.49. The van der Waals surface area contributed by atoms with E-state index in [9.17, 15) is 9.59 Å². The van der Waals surface area contributed by atoms with Crippen LogP contribution in [0.3, 0.4) is 0 Å². The van der Waals surface area contributed by atoms with Crippen molar-refractivity contribution >= 4 is 34.8 Å². The molecule has 0 aliphatic carbocycles. The number of amides is 2. The monoisotopic (exact) mass is 332 g/mol. The molecule has 5 nitrogen and oxygen atoms in total. The summed E-state index contributed by atoms with van der Waals surface area (Å²) in [7, 11) is 1.58. The highest BCUT2D eigenvalue weighted by Gasteiger charge is 2.08. The van der Waals surface area contributed by atoms with Crippen LogP contribution >= 0.6 is 11.6 Å². The van der Waals surface area contributed by atoms with Crippen molar-refractivity contribution in [2.75, 3.05) is 17.7 Å². The number of halogens is 1. The van der Waals surface area contributed by atoms with Gasteiger partial charge in [-0.1, -0.05) is 23.7 Å². The Labute approximate surface area is 139 Å². The number of benzene rings is 2. The zero-order valence-corrected chi connectivity index (χ0v) is 13.6. The summed E-state index contributed by atoms with van der Waals surface area (Å²) in [5.41, 5.74) is 1.86. The van der Waals surface area contributed by atoms with Crippen molar-refractivity contribution in [3.05, 3.63) is 53.1 Å². The van der Waals surface area contributed by atoms with E-state index < -0.39 is 0 Å². The van der Waals surface area contributed by atoms with Gasteiger partial charge in [-0.2, -0.15) is 0 Å². The second-order valence-corrected chi connectivity index (χ2v) is 5.36. The van der Waals surface area contributed by atoms with Crippen molar-refractivity contribution in [2.45, 2.75) is 13.3 Å². The molecule has 23 heavy (non-hydrogen) atoms. The maximum atomic E-state index is 12.1. The standard InChI is InChI=1S/C17H17ClN2O3/c1-11(21)19-16-10-13(6-7-15(16)18)20-17(22)9-12-4-3-5-14(8-12)23-2/h3-8,10H,9H2,1-2H3,(H,19,21)(H,20,22). The van der Waals surface area contributed by atoms with Crippen LogP contribution in [0.4, 0.5) is 11.4 Å². The number of hydrogen-bond donors (Lipinski definition) is 2. The van der Waals surface area contributed by atoms with Crippen LogP contribution in [0, 0.1) is 0 Å². The maximum absolute atomic E-state index is 12.1. The lowest BCUT2D eigenvalue weighted by Crippen LogP contribution is -2.15. The molecule has 2 N–H and O–H groups in total. The first-order chi connectivity index (χ1) is 11.0. The van der Waals surface area contributed by atoms with E-state index in [0.717, 1.165) is 5.56 Å². The highest BCUT2D eigenvalue weighted by atomic mass is 35.5. The number of rotatable bonds is 5. The molecule has 0 aliphatic heterocycles. The van der Waals surface area contributed by atoms with Crippen molar-refractivity contribution in [1.82, 2.24) is 0 Å². The smallest absolute Gasteiger partial charge is 0.228 e. The molecule has 0 fully saturated rings. The zero-order valence-electron chi connectivity index (χ0n) is 12.9. The molecule has 0 bridgehead atoms. The minimum atomic E-state index is -0.230. The first-order valence-corrected chi connectivity index (χ1v) is 7.35. The average Bonchev–Trinajstić information content (AvgIpc) is 2.50. The number of carbonyl (C=O) groups is 2. The van der Waals surface area contributed by atoms with Gasteiger partial charge in [0.25, 0.3) is 0 Å². The predicted molar refractivity (Wildman–Crippen MR) is 91.1 cm³/mol. The van der Waals surface area contributed by atoms with Gasteiger partial charge in [0, 0.05) is 12.6 Å². The third kappa shape index (κ3) is 5.00. The van der Waals surface area contributed by atoms with Gasteiger partial charge in [0.2, 0.25) is 11.8 Å². The molecule has 0 heterocycles. The van der Waals surface area contributed by atoms with Crippen molar-refractivity contribution in [1.29, 1.82) is 0 Å². The molecule has 2 amide bonds. The molecule has 2 aromatic rings. The summed E-state index contributed by atoms with van der Waals surface area (Å²) < 4.78 is 5.13. The lowest BCUT2D eigenvalue weighted by Gasteiger charge is -2.10. The van der Waals surface area contributed by atoms with Gasteiger partial charge in [0.05, 0.1) is 24.2 Å². The highest BCUT2D eigenvalue weighted by molar-refractivity contribution is 6.33. The Morgan fingerprint density at radius 2 is 1.91 bits per heavy atom. The second-order valence-electron chi connectivity index (χ2n) is 4.95. The SMILES string of the molecule is COc1cccc(CC(=O)Nc2ccc(Cl)c(NC(C)=O)c2)c1. The van der Waals surface area contributed by atoms with Crippen molar-refractivity contribution in [2.24, 2.45) is 0 Å². The van der Waals surface area contributed by atoms with Gasteiger partial charge in [-0.3, -0.25) is 9.59 Å². The zero-order chi connectivity index (χ0) is 16.8. The number of methoxy groups -OCH3 is 1. The summed E-state index contributed by atoms with van der Waals surface area (Å²) in [5, 5.41) is 5.80. The number of anilines is 2. The minimum absolute atomic E-state index is 0.172. The molecule has 0 radical (unpaired) electrons. The third-order valence-corrected chi connectivity index (χ3v) is 3.39. The Morgan fingerprint density at radius 3 is 2.61 bits per heavy atom. The maximum Gasteiger partial charge on any atom is 0.228 e. The van der Waals surface area contributed by atoms with E-state index in [1.54, 1.807) is 25.3 Å². The summed E-state index contributed by atoms with van der Waals surface area (Å²) in [4.78, 5) is 23.3. The van der Waals surface area contributed by atoms with Gasteiger partial charge in [-0.05, 0) is 35.9 Å². The highest BCUT2D eigenvalue weighted by Crippen LogP contribution is 2.25. The van der Waals surface area contributed by atoms with E-state index in [0.29, 0.717) is 22.1 Å². The second kappa shape index (κ2) is 7.65. The molecular weight excluding hydrogens is 316 g/mol. The molecule has 0 saturated carbocycles. The van der Waals surface area contributed by atoms with Gasteiger partial charge < -0.3 is 15.4 Å². The Hall–Kier alpha value is -2.53. The number of hydrogen-bond acceptors (Lipinski definition) is 3. The average molecular weight is 333 g/mol. The van der Waals surface area contributed by atoms with Crippen LogP contribution < -0.4 is 15.4 Å². The van der Waals surface area contributed by atoms with Gasteiger partial charge in [0.15, 0.2) is 0 Å². The van der Waals surface area contributed by atoms with E-state index in [2.05, 4.69) is 10.6 Å². The van der Waals surface area contributed by atoms with Crippen LogP contribution in [0.15, 0.2) is 42.5 Å².